The summed E-state index contributed by atoms with van der Waals surface area (Å²) in [6.45, 7) is 2.58. The van der Waals surface area contributed by atoms with E-state index < -0.39 is 16.1 Å². The molecule has 1 atom stereocenters. The molecule has 0 saturated carbocycles. The van der Waals surface area contributed by atoms with E-state index in [0.717, 1.165) is 48.8 Å². The number of likely N-dealkylation sites (tertiary alicyclic amines) is 1. The van der Waals surface area contributed by atoms with Crippen LogP contribution in [-0.4, -0.2) is 68.9 Å². The molecule has 2 N–H and O–H groups in total. The molecule has 0 aliphatic carbocycles. The highest BCUT2D eigenvalue weighted by Gasteiger charge is 2.32. The summed E-state index contributed by atoms with van der Waals surface area (Å²) in [6, 6.07) is 15.3. The zero-order valence-corrected chi connectivity index (χ0v) is 22.8. The number of aromatic nitrogens is 1. The molecule has 3 aromatic rings. The van der Waals surface area contributed by atoms with Crippen molar-refractivity contribution in [1.82, 2.24) is 19.9 Å². The Morgan fingerprint density at radius 2 is 1.59 bits per heavy atom. The van der Waals surface area contributed by atoms with Gasteiger partial charge in [-0.3, -0.25) is 14.6 Å². The van der Waals surface area contributed by atoms with Gasteiger partial charge in [0.1, 0.15) is 6.04 Å². The van der Waals surface area contributed by atoms with Crippen molar-refractivity contribution in [3.8, 4) is 0 Å². The number of anilines is 1. The number of piperidine rings is 2. The van der Waals surface area contributed by atoms with Crippen molar-refractivity contribution in [3.05, 3.63) is 67.0 Å². The molecule has 0 radical (unpaired) electrons. The zero-order valence-electron chi connectivity index (χ0n) is 22.0. The summed E-state index contributed by atoms with van der Waals surface area (Å²) in [4.78, 5) is 34.6. The Balaban J connectivity index is 1.26. The monoisotopic (exact) mass is 549 g/mol. The van der Waals surface area contributed by atoms with Gasteiger partial charge in [0.25, 0.3) is 0 Å². The fraction of sp³-hybridized carbons (Fsp3) is 0.414. The zero-order chi connectivity index (χ0) is 27.2. The minimum atomic E-state index is -4.01. The normalized spacial score (nSPS) is 17.6. The van der Waals surface area contributed by atoms with Gasteiger partial charge in [0.2, 0.25) is 21.8 Å². The van der Waals surface area contributed by atoms with Crippen molar-refractivity contribution >= 4 is 38.3 Å². The number of hydrogen-bond acceptors (Lipinski definition) is 6. The molecule has 206 valence electrons. The van der Waals surface area contributed by atoms with E-state index in [2.05, 4.69) is 19.9 Å². The van der Waals surface area contributed by atoms with Gasteiger partial charge in [0, 0.05) is 56.7 Å². The van der Waals surface area contributed by atoms with Crippen LogP contribution in [0.25, 0.3) is 10.8 Å². The summed E-state index contributed by atoms with van der Waals surface area (Å²) in [5.41, 5.74) is 1.08. The van der Waals surface area contributed by atoms with Crippen LogP contribution in [0.1, 0.15) is 32.1 Å². The third-order valence-electron chi connectivity index (χ3n) is 7.67. The Kier molecular flexibility index (Phi) is 8.42. The number of amides is 2. The van der Waals surface area contributed by atoms with Crippen molar-refractivity contribution in [2.45, 2.75) is 43.0 Å². The van der Waals surface area contributed by atoms with Crippen molar-refractivity contribution in [1.29, 1.82) is 0 Å². The molecule has 2 amide bonds. The Labute approximate surface area is 229 Å². The Bertz CT molecular complexity index is 1400. The first-order valence-corrected chi connectivity index (χ1v) is 15.1. The molecular formula is C29H35N5O4S. The van der Waals surface area contributed by atoms with Gasteiger partial charge in [-0.1, -0.05) is 30.3 Å². The number of rotatable bonds is 8. The molecule has 1 unspecified atom stereocenters. The second kappa shape index (κ2) is 12.1. The first kappa shape index (κ1) is 27.1. The van der Waals surface area contributed by atoms with Crippen LogP contribution in [0, 0.1) is 5.92 Å². The summed E-state index contributed by atoms with van der Waals surface area (Å²) >= 11 is 0. The van der Waals surface area contributed by atoms with E-state index in [-0.39, 0.29) is 29.2 Å². The Morgan fingerprint density at radius 1 is 0.897 bits per heavy atom. The number of sulfonamides is 1. The summed E-state index contributed by atoms with van der Waals surface area (Å²) in [7, 11) is -4.01. The van der Waals surface area contributed by atoms with Crippen molar-refractivity contribution in [2.75, 3.05) is 37.6 Å². The molecule has 0 spiro atoms. The van der Waals surface area contributed by atoms with Crippen molar-refractivity contribution in [2.24, 2.45) is 5.92 Å². The number of pyridine rings is 1. The van der Waals surface area contributed by atoms with E-state index in [0.29, 0.717) is 25.9 Å². The summed E-state index contributed by atoms with van der Waals surface area (Å²) in [5, 5.41) is 4.62. The smallest absolute Gasteiger partial charge is 0.242 e. The molecule has 9 nitrogen and oxygen atoms in total. The second-order valence-electron chi connectivity index (χ2n) is 10.3. The highest BCUT2D eigenvalue weighted by atomic mass is 32.2. The predicted molar refractivity (Wildman–Crippen MR) is 151 cm³/mol. The highest BCUT2D eigenvalue weighted by molar-refractivity contribution is 7.89. The maximum Gasteiger partial charge on any atom is 0.242 e. The molecule has 2 saturated heterocycles. The standard InChI is InChI=1S/C29H35N5O4S/c35-28(23-12-18-33(19-13-23)25-10-14-30-15-11-25)31-21-27(29(36)34-16-4-1-5-17-34)32-39(37,38)26-9-8-22-6-2-3-7-24(22)20-26/h2-3,6-11,14-15,20,23,27,32H,1,4-5,12-13,16-19,21H2,(H,31,35). The van der Waals surface area contributed by atoms with Gasteiger partial charge in [-0.05, 0) is 67.1 Å². The molecule has 2 aliphatic heterocycles. The molecule has 2 fully saturated rings. The summed E-state index contributed by atoms with van der Waals surface area (Å²) in [6.07, 6.45) is 7.70. The molecule has 39 heavy (non-hydrogen) atoms. The van der Waals surface area contributed by atoms with Crippen LogP contribution in [0.5, 0.6) is 0 Å². The molecular weight excluding hydrogens is 514 g/mol. The van der Waals surface area contributed by atoms with Gasteiger partial charge in [-0.25, -0.2) is 8.42 Å². The summed E-state index contributed by atoms with van der Waals surface area (Å²) in [5.74, 6) is -0.636. The van der Waals surface area contributed by atoms with Crippen LogP contribution in [0.2, 0.25) is 0 Å². The van der Waals surface area contributed by atoms with Gasteiger partial charge >= 0.3 is 0 Å². The van der Waals surface area contributed by atoms with Crippen LogP contribution in [0.3, 0.4) is 0 Å². The van der Waals surface area contributed by atoms with Crippen LogP contribution >= 0.6 is 0 Å². The van der Waals surface area contributed by atoms with Crippen LogP contribution < -0.4 is 14.9 Å². The predicted octanol–water partition coefficient (Wildman–Crippen LogP) is 2.93. The number of carbonyl (C=O) groups is 2. The molecule has 2 aliphatic rings. The lowest BCUT2D eigenvalue weighted by Gasteiger charge is -2.33. The van der Waals surface area contributed by atoms with Crippen LogP contribution in [-0.2, 0) is 19.6 Å². The van der Waals surface area contributed by atoms with Gasteiger partial charge in [-0.15, -0.1) is 0 Å². The molecule has 1 aromatic heterocycles. The average Bonchev–Trinajstić information content (AvgIpc) is 2.99. The number of nitrogens with one attached hydrogen (secondary N) is 2. The number of carbonyl (C=O) groups excluding carboxylic acids is 2. The second-order valence-corrected chi connectivity index (χ2v) is 12.0. The molecule has 2 aromatic carbocycles. The largest absolute Gasteiger partial charge is 0.371 e. The molecule has 0 bridgehead atoms. The number of benzene rings is 2. The first-order chi connectivity index (χ1) is 18.9. The fourth-order valence-corrected chi connectivity index (χ4v) is 6.63. The van der Waals surface area contributed by atoms with Crippen LogP contribution in [0.4, 0.5) is 5.69 Å². The lowest BCUT2D eigenvalue weighted by molar-refractivity contribution is -0.134. The van der Waals surface area contributed by atoms with Gasteiger partial charge < -0.3 is 15.1 Å². The molecule has 3 heterocycles. The summed E-state index contributed by atoms with van der Waals surface area (Å²) < 4.78 is 29.4. The topological polar surface area (TPSA) is 112 Å². The molecule has 10 heteroatoms. The third-order valence-corrected chi connectivity index (χ3v) is 9.14. The quantitative estimate of drug-likeness (QED) is 0.447. The first-order valence-electron chi connectivity index (χ1n) is 13.6. The molecule has 5 rings (SSSR count). The van der Waals surface area contributed by atoms with Gasteiger partial charge in [0.05, 0.1) is 4.90 Å². The van der Waals surface area contributed by atoms with E-state index >= 15 is 0 Å². The lowest BCUT2D eigenvalue weighted by Crippen LogP contribution is -2.55. The number of nitrogens with zero attached hydrogens (tertiary/aromatic N) is 3. The van der Waals surface area contributed by atoms with Crippen molar-refractivity contribution in [3.63, 3.8) is 0 Å². The third kappa shape index (κ3) is 6.57. The minimum absolute atomic E-state index is 0.0902. The Morgan fingerprint density at radius 3 is 2.31 bits per heavy atom. The Hall–Kier alpha value is -3.50. The fourth-order valence-electron chi connectivity index (χ4n) is 5.41. The van der Waals surface area contributed by atoms with E-state index in [1.165, 1.54) is 0 Å². The lowest BCUT2D eigenvalue weighted by atomic mass is 9.95. The van der Waals surface area contributed by atoms with Crippen molar-refractivity contribution < 1.29 is 18.0 Å². The maximum absolute atomic E-state index is 13.4. The highest BCUT2D eigenvalue weighted by Crippen LogP contribution is 2.23. The van der Waals surface area contributed by atoms with Crippen LogP contribution in [0.15, 0.2) is 71.9 Å². The van der Waals surface area contributed by atoms with E-state index in [4.69, 9.17) is 0 Å². The number of hydrogen-bond donors (Lipinski definition) is 2. The minimum Gasteiger partial charge on any atom is -0.371 e. The van der Waals surface area contributed by atoms with E-state index in [9.17, 15) is 18.0 Å². The SMILES string of the molecule is O=C(NCC(NS(=O)(=O)c1ccc2ccccc2c1)C(=O)N1CCCCC1)C1CCN(c2ccncc2)CC1. The number of fused-ring (bicyclic) bond motifs is 1. The van der Waals surface area contributed by atoms with Gasteiger partial charge in [0.15, 0.2) is 0 Å². The van der Waals surface area contributed by atoms with E-state index in [1.807, 2.05) is 36.4 Å². The average molecular weight is 550 g/mol. The maximum atomic E-state index is 13.4. The van der Waals surface area contributed by atoms with E-state index in [1.54, 1.807) is 35.5 Å². The van der Waals surface area contributed by atoms with Gasteiger partial charge in [-0.2, -0.15) is 4.72 Å².